The topological polar surface area (TPSA) is 136 Å². The number of carbonyl (C=O) groups is 1. The van der Waals surface area contributed by atoms with E-state index < -0.39 is 10.8 Å². The minimum Gasteiger partial charge on any atom is -0.486 e. The fourth-order valence-corrected chi connectivity index (χ4v) is 3.80. The number of hydrogen-bond donors (Lipinski definition) is 1. The van der Waals surface area contributed by atoms with Gasteiger partial charge in [-0.3, -0.25) is 20.2 Å². The third-order valence-electron chi connectivity index (χ3n) is 4.82. The van der Waals surface area contributed by atoms with Gasteiger partial charge in [-0.2, -0.15) is 5.26 Å². The molecule has 0 aliphatic heterocycles. The lowest BCUT2D eigenvalue weighted by Crippen LogP contribution is -2.13. The van der Waals surface area contributed by atoms with Crippen LogP contribution < -0.4 is 10.1 Å². The second-order valence-electron chi connectivity index (χ2n) is 7.31. The maximum atomic E-state index is 12.7. The van der Waals surface area contributed by atoms with Gasteiger partial charge in [0.15, 0.2) is 5.01 Å². The van der Waals surface area contributed by atoms with Gasteiger partial charge in [-0.05, 0) is 55.0 Å². The first-order chi connectivity index (χ1) is 16.9. The number of nitrogens with zero attached hydrogens (tertiary/aromatic N) is 5. The van der Waals surface area contributed by atoms with E-state index >= 15 is 0 Å². The molecule has 2 aromatic carbocycles. The van der Waals surface area contributed by atoms with Crippen molar-refractivity contribution in [2.24, 2.45) is 0 Å². The van der Waals surface area contributed by atoms with Gasteiger partial charge < -0.3 is 9.30 Å². The number of benzene rings is 2. The number of amides is 1. The molecule has 174 valence electrons. The summed E-state index contributed by atoms with van der Waals surface area (Å²) in [6.45, 7) is 2.16. The second kappa shape index (κ2) is 10.4. The molecular formula is C24H18N6O4S. The zero-order valence-electron chi connectivity index (χ0n) is 18.4. The van der Waals surface area contributed by atoms with Gasteiger partial charge in [-0.1, -0.05) is 23.5 Å². The van der Waals surface area contributed by atoms with Gasteiger partial charge in [0.25, 0.3) is 11.6 Å². The van der Waals surface area contributed by atoms with E-state index in [9.17, 15) is 20.2 Å². The molecule has 11 heteroatoms. The SMILES string of the molecule is Cc1cccc(OCc2nnc(NC(=O)C(C#N)=Cc3cccn3-c3ccc([N+](=O)[O-])cc3)s2)c1. The summed E-state index contributed by atoms with van der Waals surface area (Å²) in [6, 6.07) is 18.9. The lowest BCUT2D eigenvalue weighted by molar-refractivity contribution is -0.384. The lowest BCUT2D eigenvalue weighted by atomic mass is 10.2. The number of anilines is 1. The Kier molecular flexibility index (Phi) is 6.94. The smallest absolute Gasteiger partial charge is 0.269 e. The third-order valence-corrected chi connectivity index (χ3v) is 5.63. The Morgan fingerprint density at radius 1 is 1.23 bits per heavy atom. The Balaban J connectivity index is 1.44. The van der Waals surface area contributed by atoms with Crippen LogP contribution in [0.5, 0.6) is 5.75 Å². The highest BCUT2D eigenvalue weighted by atomic mass is 32.1. The van der Waals surface area contributed by atoms with Crippen molar-refractivity contribution in [3.05, 3.63) is 98.8 Å². The summed E-state index contributed by atoms with van der Waals surface area (Å²) in [4.78, 5) is 23.1. The molecule has 2 heterocycles. The fourth-order valence-electron chi connectivity index (χ4n) is 3.16. The summed E-state index contributed by atoms with van der Waals surface area (Å²) in [5.41, 5.74) is 2.10. The first kappa shape index (κ1) is 23.3. The Morgan fingerprint density at radius 3 is 2.74 bits per heavy atom. The van der Waals surface area contributed by atoms with E-state index in [0.29, 0.717) is 22.1 Å². The molecule has 10 nitrogen and oxygen atoms in total. The average molecular weight is 487 g/mol. The summed E-state index contributed by atoms with van der Waals surface area (Å²) in [5.74, 6) is 0.0720. The number of nitrogens with one attached hydrogen (secondary N) is 1. The number of carbonyl (C=O) groups excluding carboxylic acids is 1. The quantitative estimate of drug-likeness (QED) is 0.165. The molecule has 0 fully saturated rings. The Bertz CT molecular complexity index is 1450. The molecular weight excluding hydrogens is 468 g/mol. The number of nitro benzene ring substituents is 1. The molecule has 0 radical (unpaired) electrons. The highest BCUT2D eigenvalue weighted by Gasteiger charge is 2.15. The first-order valence-electron chi connectivity index (χ1n) is 10.3. The Hall–Kier alpha value is -4.82. The number of aryl methyl sites for hydroxylation is 1. The molecule has 0 saturated carbocycles. The third kappa shape index (κ3) is 5.76. The van der Waals surface area contributed by atoms with Crippen LogP contribution in [0.25, 0.3) is 11.8 Å². The van der Waals surface area contributed by atoms with Crippen molar-refractivity contribution < 1.29 is 14.5 Å². The van der Waals surface area contributed by atoms with E-state index in [1.807, 2.05) is 37.3 Å². The molecule has 0 saturated heterocycles. The van der Waals surface area contributed by atoms with Gasteiger partial charge in [0.1, 0.15) is 24.0 Å². The molecule has 0 spiro atoms. The number of aromatic nitrogens is 3. The van der Waals surface area contributed by atoms with Crippen molar-refractivity contribution in [2.75, 3.05) is 5.32 Å². The number of rotatable bonds is 8. The molecule has 1 N–H and O–H groups in total. The number of non-ortho nitro benzene ring substituents is 1. The normalized spacial score (nSPS) is 11.0. The van der Waals surface area contributed by atoms with E-state index in [1.54, 1.807) is 35.0 Å². The van der Waals surface area contributed by atoms with Crippen LogP contribution in [0.4, 0.5) is 10.8 Å². The minimum atomic E-state index is -0.633. The van der Waals surface area contributed by atoms with Crippen molar-refractivity contribution in [3.8, 4) is 17.5 Å². The van der Waals surface area contributed by atoms with Gasteiger partial charge in [-0.25, -0.2) is 0 Å². The molecule has 0 unspecified atom stereocenters. The van der Waals surface area contributed by atoms with Crippen LogP contribution >= 0.6 is 11.3 Å². The summed E-state index contributed by atoms with van der Waals surface area (Å²) in [5, 5.41) is 31.8. The summed E-state index contributed by atoms with van der Waals surface area (Å²) in [7, 11) is 0. The molecule has 0 aliphatic carbocycles. The highest BCUT2D eigenvalue weighted by molar-refractivity contribution is 7.15. The van der Waals surface area contributed by atoms with Crippen LogP contribution in [0.3, 0.4) is 0 Å². The predicted octanol–water partition coefficient (Wildman–Crippen LogP) is 4.67. The number of hydrogen-bond acceptors (Lipinski definition) is 8. The van der Waals surface area contributed by atoms with E-state index in [-0.39, 0.29) is 23.0 Å². The van der Waals surface area contributed by atoms with Crippen LogP contribution in [-0.4, -0.2) is 25.6 Å². The zero-order chi connectivity index (χ0) is 24.8. The number of nitro groups is 1. The highest BCUT2D eigenvalue weighted by Crippen LogP contribution is 2.21. The fraction of sp³-hybridized carbons (Fsp3) is 0.0833. The van der Waals surface area contributed by atoms with Gasteiger partial charge in [0.2, 0.25) is 5.13 Å². The molecule has 0 bridgehead atoms. The lowest BCUT2D eigenvalue weighted by Gasteiger charge is -2.07. The maximum absolute atomic E-state index is 12.7. The van der Waals surface area contributed by atoms with Crippen LogP contribution in [0, 0.1) is 28.4 Å². The van der Waals surface area contributed by atoms with E-state index in [0.717, 1.165) is 16.9 Å². The van der Waals surface area contributed by atoms with Crippen molar-refractivity contribution in [1.29, 1.82) is 5.26 Å². The van der Waals surface area contributed by atoms with Gasteiger partial charge >= 0.3 is 0 Å². The summed E-state index contributed by atoms with van der Waals surface area (Å²) >= 11 is 1.15. The zero-order valence-corrected chi connectivity index (χ0v) is 19.2. The van der Waals surface area contributed by atoms with Crippen LogP contribution in [-0.2, 0) is 11.4 Å². The van der Waals surface area contributed by atoms with Gasteiger partial charge in [-0.15, -0.1) is 10.2 Å². The van der Waals surface area contributed by atoms with Crippen molar-refractivity contribution in [2.45, 2.75) is 13.5 Å². The van der Waals surface area contributed by atoms with Crippen molar-refractivity contribution in [1.82, 2.24) is 14.8 Å². The Morgan fingerprint density at radius 2 is 2.03 bits per heavy atom. The minimum absolute atomic E-state index is 0.0317. The van der Waals surface area contributed by atoms with E-state index in [1.165, 1.54) is 18.2 Å². The van der Waals surface area contributed by atoms with Crippen molar-refractivity contribution >= 4 is 34.1 Å². The standard InChI is InChI=1S/C24H18N6O4S/c1-16-4-2-6-21(12-16)34-15-22-27-28-24(35-22)26-23(31)17(14-25)13-20-5-3-11-29(20)18-7-9-19(10-8-18)30(32)33/h2-13H,15H2,1H3,(H,26,28,31). The number of nitriles is 1. The largest absolute Gasteiger partial charge is 0.486 e. The van der Waals surface area contributed by atoms with Gasteiger partial charge in [0.05, 0.1) is 4.92 Å². The molecule has 4 rings (SSSR count). The Labute approximate surface area is 203 Å². The summed E-state index contributed by atoms with van der Waals surface area (Å²) < 4.78 is 7.41. The van der Waals surface area contributed by atoms with E-state index in [2.05, 4.69) is 15.5 Å². The molecule has 0 aliphatic rings. The predicted molar refractivity (Wildman–Crippen MR) is 130 cm³/mol. The van der Waals surface area contributed by atoms with Gasteiger partial charge in [0, 0.05) is 29.7 Å². The van der Waals surface area contributed by atoms with Crippen LogP contribution in [0.15, 0.2) is 72.4 Å². The van der Waals surface area contributed by atoms with E-state index in [4.69, 9.17) is 4.74 Å². The molecule has 1 amide bonds. The van der Waals surface area contributed by atoms with Crippen LogP contribution in [0.1, 0.15) is 16.3 Å². The van der Waals surface area contributed by atoms with Crippen molar-refractivity contribution in [3.63, 3.8) is 0 Å². The first-order valence-corrected chi connectivity index (χ1v) is 11.1. The summed E-state index contributed by atoms with van der Waals surface area (Å²) in [6.07, 6.45) is 3.16. The maximum Gasteiger partial charge on any atom is 0.269 e. The number of ether oxygens (including phenoxy) is 1. The molecule has 4 aromatic rings. The van der Waals surface area contributed by atoms with Crippen LogP contribution in [0.2, 0.25) is 0 Å². The molecule has 2 aromatic heterocycles. The molecule has 35 heavy (non-hydrogen) atoms. The second-order valence-corrected chi connectivity index (χ2v) is 8.37. The molecule has 0 atom stereocenters. The monoisotopic (exact) mass is 486 g/mol. The average Bonchev–Trinajstić information content (AvgIpc) is 3.50.